The van der Waals surface area contributed by atoms with E-state index in [4.69, 9.17) is 0 Å². The number of benzene rings is 2. The third-order valence-corrected chi connectivity index (χ3v) is 6.15. The molecular formula is C22H27N5OS. The van der Waals surface area contributed by atoms with Crippen LogP contribution >= 0.6 is 11.8 Å². The predicted octanol–water partition coefficient (Wildman–Crippen LogP) is 4.07. The van der Waals surface area contributed by atoms with Crippen LogP contribution in [0.1, 0.15) is 42.9 Å². The van der Waals surface area contributed by atoms with Crippen LogP contribution in [0.15, 0.2) is 53.7 Å². The maximum Gasteiger partial charge on any atom is 0.233 e. The van der Waals surface area contributed by atoms with Gasteiger partial charge in [-0.25, -0.2) is 0 Å². The quantitative estimate of drug-likeness (QED) is 0.568. The third-order valence-electron chi connectivity index (χ3n) is 5.11. The van der Waals surface area contributed by atoms with Gasteiger partial charge in [0.2, 0.25) is 11.1 Å². The number of carbonyl (C=O) groups is 1. The van der Waals surface area contributed by atoms with Gasteiger partial charge in [0, 0.05) is 12.5 Å². The number of thioether (sulfide) groups is 1. The highest BCUT2D eigenvalue weighted by molar-refractivity contribution is 8.00. The van der Waals surface area contributed by atoms with Crippen LogP contribution in [0.25, 0.3) is 5.69 Å². The molecule has 0 radical (unpaired) electrons. The normalized spacial score (nSPS) is 13.1. The molecule has 0 unspecified atom stereocenters. The Hall–Kier alpha value is -2.67. The lowest BCUT2D eigenvalue weighted by Gasteiger charge is -2.18. The van der Waals surface area contributed by atoms with E-state index in [1.807, 2.05) is 43.3 Å². The number of hydrogen-bond acceptors (Lipinski definition) is 5. The number of nitrogens with one attached hydrogen (secondary N) is 1. The highest BCUT2D eigenvalue weighted by Gasteiger charge is 2.20. The Morgan fingerprint density at radius 3 is 2.59 bits per heavy atom. The summed E-state index contributed by atoms with van der Waals surface area (Å²) in [6.45, 7) is 8.76. The fourth-order valence-electron chi connectivity index (χ4n) is 3.07. The first-order valence-corrected chi connectivity index (χ1v) is 10.7. The summed E-state index contributed by atoms with van der Waals surface area (Å²) in [6.07, 6.45) is 0.969. The molecule has 3 rings (SSSR count). The zero-order chi connectivity index (χ0) is 20.8. The van der Waals surface area contributed by atoms with Gasteiger partial charge < -0.3 is 5.32 Å². The molecule has 0 bridgehead atoms. The molecule has 152 valence electrons. The van der Waals surface area contributed by atoms with Crippen LogP contribution in [0, 0.1) is 13.8 Å². The molecule has 0 saturated heterocycles. The molecule has 7 heteroatoms. The van der Waals surface area contributed by atoms with E-state index in [-0.39, 0.29) is 11.2 Å². The fraction of sp³-hybridized carbons (Fsp3) is 0.364. The summed E-state index contributed by atoms with van der Waals surface area (Å²) in [6, 6.07) is 16.4. The highest BCUT2D eigenvalue weighted by atomic mass is 32.2. The lowest BCUT2D eigenvalue weighted by molar-refractivity contribution is -0.120. The van der Waals surface area contributed by atoms with Crippen LogP contribution in [-0.2, 0) is 4.79 Å². The average molecular weight is 410 g/mol. The van der Waals surface area contributed by atoms with Crippen LogP contribution in [0.5, 0.6) is 0 Å². The van der Waals surface area contributed by atoms with Crippen LogP contribution < -0.4 is 5.32 Å². The monoisotopic (exact) mass is 409 g/mol. The number of aryl methyl sites for hydroxylation is 2. The van der Waals surface area contributed by atoms with Gasteiger partial charge in [-0.2, -0.15) is 4.68 Å². The smallest absolute Gasteiger partial charge is 0.233 e. The van der Waals surface area contributed by atoms with Gasteiger partial charge in [-0.1, -0.05) is 55.1 Å². The molecule has 29 heavy (non-hydrogen) atoms. The minimum Gasteiger partial charge on any atom is -0.355 e. The highest BCUT2D eigenvalue weighted by Crippen LogP contribution is 2.24. The van der Waals surface area contributed by atoms with Gasteiger partial charge in [0.25, 0.3) is 0 Å². The molecule has 6 nitrogen and oxygen atoms in total. The Kier molecular flexibility index (Phi) is 7.04. The summed E-state index contributed by atoms with van der Waals surface area (Å²) in [7, 11) is 0. The molecule has 0 spiro atoms. The zero-order valence-corrected chi connectivity index (χ0v) is 18.1. The van der Waals surface area contributed by atoms with E-state index in [0.29, 0.717) is 17.6 Å². The van der Waals surface area contributed by atoms with E-state index >= 15 is 0 Å². The standard InChI is InChI=1S/C22H27N5OS/c1-5-18(19-9-7-6-8-10-19)14-23-21(28)17(4)29-22-24-25-26-27(22)20-12-11-15(2)16(3)13-20/h6-13,17-18H,5,14H2,1-4H3,(H,23,28)/t17-,18-/m1/s1. The van der Waals surface area contributed by atoms with Crippen molar-refractivity contribution in [3.05, 3.63) is 65.2 Å². The van der Waals surface area contributed by atoms with Gasteiger partial charge >= 0.3 is 0 Å². The van der Waals surface area contributed by atoms with E-state index in [9.17, 15) is 4.79 Å². The molecule has 1 aromatic heterocycles. The predicted molar refractivity (Wildman–Crippen MR) is 116 cm³/mol. The van der Waals surface area contributed by atoms with Crippen molar-refractivity contribution in [3.63, 3.8) is 0 Å². The number of amides is 1. The van der Waals surface area contributed by atoms with E-state index < -0.39 is 0 Å². The first-order valence-electron chi connectivity index (χ1n) is 9.85. The Bertz CT molecular complexity index is 957. The summed E-state index contributed by atoms with van der Waals surface area (Å²) < 4.78 is 1.68. The Labute approximate surface area is 176 Å². The largest absolute Gasteiger partial charge is 0.355 e. The number of tetrazole rings is 1. The molecule has 0 aliphatic rings. The van der Waals surface area contributed by atoms with Crippen molar-refractivity contribution >= 4 is 17.7 Å². The van der Waals surface area contributed by atoms with Crippen LogP contribution in [0.2, 0.25) is 0 Å². The second kappa shape index (κ2) is 9.69. The second-order valence-electron chi connectivity index (χ2n) is 7.16. The number of aromatic nitrogens is 4. The summed E-state index contributed by atoms with van der Waals surface area (Å²) in [4.78, 5) is 12.7. The molecule has 1 amide bonds. The minimum atomic E-state index is -0.306. The van der Waals surface area contributed by atoms with E-state index in [2.05, 4.69) is 53.7 Å². The number of rotatable bonds is 8. The van der Waals surface area contributed by atoms with Crippen LogP contribution in [0.4, 0.5) is 0 Å². The van der Waals surface area contributed by atoms with E-state index in [1.165, 1.54) is 28.5 Å². The molecule has 1 heterocycles. The van der Waals surface area contributed by atoms with Gasteiger partial charge in [-0.3, -0.25) is 4.79 Å². The summed E-state index contributed by atoms with van der Waals surface area (Å²) in [5.74, 6) is 0.289. The van der Waals surface area contributed by atoms with Crippen molar-refractivity contribution in [1.82, 2.24) is 25.5 Å². The first kappa shape index (κ1) is 21.0. The second-order valence-corrected chi connectivity index (χ2v) is 8.47. The summed E-state index contributed by atoms with van der Waals surface area (Å²) in [5, 5.41) is 15.4. The van der Waals surface area contributed by atoms with Crippen molar-refractivity contribution in [1.29, 1.82) is 0 Å². The molecule has 2 aromatic carbocycles. The number of carbonyl (C=O) groups excluding carboxylic acids is 1. The average Bonchev–Trinajstić information content (AvgIpc) is 3.19. The van der Waals surface area contributed by atoms with E-state index in [0.717, 1.165) is 12.1 Å². The Morgan fingerprint density at radius 1 is 1.14 bits per heavy atom. The lowest BCUT2D eigenvalue weighted by Crippen LogP contribution is -2.34. The number of hydrogen-bond donors (Lipinski definition) is 1. The summed E-state index contributed by atoms with van der Waals surface area (Å²) in [5.41, 5.74) is 4.52. The fourth-order valence-corrected chi connectivity index (χ4v) is 3.91. The van der Waals surface area contributed by atoms with E-state index in [1.54, 1.807) is 4.68 Å². The van der Waals surface area contributed by atoms with Crippen molar-refractivity contribution in [2.45, 2.75) is 50.4 Å². The molecular weight excluding hydrogens is 382 g/mol. The molecule has 3 aromatic rings. The molecule has 0 aliphatic carbocycles. The molecule has 0 saturated carbocycles. The maximum absolute atomic E-state index is 12.7. The summed E-state index contributed by atoms with van der Waals surface area (Å²) >= 11 is 1.36. The molecule has 2 atom stereocenters. The van der Waals surface area contributed by atoms with Crippen molar-refractivity contribution in [3.8, 4) is 5.69 Å². The van der Waals surface area contributed by atoms with Crippen LogP contribution in [0.3, 0.4) is 0 Å². The van der Waals surface area contributed by atoms with Crippen molar-refractivity contribution in [2.75, 3.05) is 6.54 Å². The molecule has 0 aliphatic heterocycles. The Morgan fingerprint density at radius 2 is 1.90 bits per heavy atom. The van der Waals surface area contributed by atoms with Crippen molar-refractivity contribution < 1.29 is 4.79 Å². The van der Waals surface area contributed by atoms with Gasteiger partial charge in [0.15, 0.2) is 0 Å². The third kappa shape index (κ3) is 5.23. The zero-order valence-electron chi connectivity index (χ0n) is 17.3. The van der Waals surface area contributed by atoms with Crippen molar-refractivity contribution in [2.24, 2.45) is 0 Å². The Balaban J connectivity index is 1.63. The first-order chi connectivity index (χ1) is 14.0. The van der Waals surface area contributed by atoms with Gasteiger partial charge in [0.05, 0.1) is 10.9 Å². The van der Waals surface area contributed by atoms with Crippen LogP contribution in [-0.4, -0.2) is 37.9 Å². The topological polar surface area (TPSA) is 72.7 Å². The molecule has 1 N–H and O–H groups in total. The SMILES string of the molecule is CC[C@H](CNC(=O)[C@@H](C)Sc1nnnn1-c1ccc(C)c(C)c1)c1ccccc1. The minimum absolute atomic E-state index is 0.0148. The lowest BCUT2D eigenvalue weighted by atomic mass is 9.96. The molecule has 0 fully saturated rings. The van der Waals surface area contributed by atoms with Gasteiger partial charge in [-0.05, 0) is 66.4 Å². The van der Waals surface area contributed by atoms with Gasteiger partial charge in [0.1, 0.15) is 0 Å². The number of nitrogens with zero attached hydrogens (tertiary/aromatic N) is 4. The maximum atomic E-state index is 12.7. The van der Waals surface area contributed by atoms with Gasteiger partial charge in [-0.15, -0.1) is 5.10 Å².